The number of hydrogen-bond acceptors (Lipinski definition) is 8. The molecule has 5 rings (SSSR count). The van der Waals surface area contributed by atoms with Crippen molar-refractivity contribution in [1.82, 2.24) is 30.0 Å². The molecule has 1 aliphatic heterocycles. The van der Waals surface area contributed by atoms with Crippen LogP contribution in [0, 0.1) is 0 Å². The van der Waals surface area contributed by atoms with Crippen LogP contribution in [0.25, 0.3) is 21.3 Å². The second-order valence-corrected chi connectivity index (χ2v) is 8.39. The summed E-state index contributed by atoms with van der Waals surface area (Å²) < 4.78 is 3.24. The molecule has 0 saturated carbocycles. The van der Waals surface area contributed by atoms with E-state index >= 15 is 0 Å². The van der Waals surface area contributed by atoms with Gasteiger partial charge in [-0.3, -0.25) is 9.67 Å². The quantitative estimate of drug-likeness (QED) is 0.412. The highest BCUT2D eigenvalue weighted by molar-refractivity contribution is 7.19. The number of nitrogens with one attached hydrogen (secondary N) is 2. The molecule has 0 amide bonds. The molecule has 1 fully saturated rings. The lowest BCUT2D eigenvalue weighted by Gasteiger charge is -2.22. The SMILES string of the molecule is [NH2+]=Nc1ncc(-c2cnn(C3CCNCC3)c2)nc1NCc1cc2cnccc2s1. The number of fused-ring (bicyclic) bond motifs is 1. The van der Waals surface area contributed by atoms with E-state index in [0.717, 1.165) is 42.6 Å². The molecule has 0 radical (unpaired) electrons. The molecule has 5 heterocycles. The number of hydrogen-bond donors (Lipinski definition) is 3. The lowest BCUT2D eigenvalue weighted by atomic mass is 10.1. The van der Waals surface area contributed by atoms with Crippen LogP contribution in [0.1, 0.15) is 23.8 Å². The summed E-state index contributed by atoms with van der Waals surface area (Å²) in [5.41, 5.74) is 7.20. The number of piperidine rings is 1. The van der Waals surface area contributed by atoms with Crippen molar-refractivity contribution in [3.05, 3.63) is 48.0 Å². The molecule has 0 unspecified atom stereocenters. The summed E-state index contributed by atoms with van der Waals surface area (Å²) in [6, 6.07) is 4.57. The fourth-order valence-corrected chi connectivity index (χ4v) is 4.64. The van der Waals surface area contributed by atoms with Crippen LogP contribution in [0.2, 0.25) is 0 Å². The molecule has 4 N–H and O–H groups in total. The van der Waals surface area contributed by atoms with Gasteiger partial charge in [0.15, 0.2) is 5.82 Å². The number of nitrogens with zero attached hydrogens (tertiary/aromatic N) is 6. The Kier molecular flexibility index (Phi) is 5.16. The summed E-state index contributed by atoms with van der Waals surface area (Å²) in [6.45, 7) is 2.65. The van der Waals surface area contributed by atoms with Gasteiger partial charge in [-0.05, 0) is 38.1 Å². The third kappa shape index (κ3) is 3.79. The average Bonchev–Trinajstić information content (AvgIpc) is 3.45. The molecule has 0 bridgehead atoms. The van der Waals surface area contributed by atoms with Gasteiger partial charge in [-0.1, -0.05) is 0 Å². The minimum atomic E-state index is 0.382. The monoisotopic (exact) mass is 420 g/mol. The molecule has 0 aromatic carbocycles. The van der Waals surface area contributed by atoms with E-state index in [1.54, 1.807) is 23.7 Å². The molecular formula is C20H22N9S+. The van der Waals surface area contributed by atoms with Gasteiger partial charge in [0.05, 0.1) is 30.7 Å². The van der Waals surface area contributed by atoms with Gasteiger partial charge >= 0.3 is 0 Å². The van der Waals surface area contributed by atoms with Crippen molar-refractivity contribution < 1.29 is 5.53 Å². The molecule has 0 spiro atoms. The van der Waals surface area contributed by atoms with E-state index in [-0.39, 0.29) is 0 Å². The zero-order chi connectivity index (χ0) is 20.3. The van der Waals surface area contributed by atoms with Gasteiger partial charge in [0.2, 0.25) is 0 Å². The summed E-state index contributed by atoms with van der Waals surface area (Å²) in [6.07, 6.45) is 11.4. The highest BCUT2D eigenvalue weighted by Crippen LogP contribution is 2.28. The maximum atomic E-state index is 5.53. The third-order valence-corrected chi connectivity index (χ3v) is 6.37. The Balaban J connectivity index is 1.37. The predicted molar refractivity (Wildman–Crippen MR) is 115 cm³/mol. The first kappa shape index (κ1) is 18.8. The standard InChI is InChI=1S/C20H21N9S/c21-28-20-19(24-10-16-7-13-8-23-6-3-18(13)30-16)27-17(11-25-20)14-9-26-29(12-14)15-1-4-22-5-2-15/h3,6-9,11-12,15,21-22H,1-2,4-5,10H2,(H,24,27)/p+1. The topological polar surface area (TPSA) is 118 Å². The van der Waals surface area contributed by atoms with Gasteiger partial charge in [-0.2, -0.15) is 10.6 Å². The number of nitrogens with two attached hydrogens (primary N) is 1. The molecule has 10 heteroatoms. The van der Waals surface area contributed by atoms with E-state index < -0.39 is 0 Å². The number of aromatic nitrogens is 5. The third-order valence-electron chi connectivity index (χ3n) is 5.25. The minimum Gasteiger partial charge on any atom is -0.362 e. The first-order chi connectivity index (χ1) is 14.8. The summed E-state index contributed by atoms with van der Waals surface area (Å²) in [5.74, 6) is 0.937. The van der Waals surface area contributed by atoms with Gasteiger partial charge in [0.1, 0.15) is 0 Å². The van der Waals surface area contributed by atoms with E-state index in [9.17, 15) is 0 Å². The molecule has 0 aliphatic carbocycles. The first-order valence-corrected chi connectivity index (χ1v) is 10.7. The normalized spacial score (nSPS) is 14.8. The molecule has 9 nitrogen and oxygen atoms in total. The van der Waals surface area contributed by atoms with Crippen molar-refractivity contribution in [2.75, 3.05) is 18.4 Å². The van der Waals surface area contributed by atoms with Gasteiger partial charge in [0, 0.05) is 44.2 Å². The van der Waals surface area contributed by atoms with E-state index in [0.29, 0.717) is 24.2 Å². The Morgan fingerprint density at radius 2 is 2.17 bits per heavy atom. The largest absolute Gasteiger partial charge is 0.362 e. The summed E-state index contributed by atoms with van der Waals surface area (Å²) in [4.78, 5) is 14.4. The fraction of sp³-hybridized carbons (Fsp3) is 0.300. The van der Waals surface area contributed by atoms with Crippen molar-refractivity contribution >= 4 is 33.1 Å². The first-order valence-electron chi connectivity index (χ1n) is 9.89. The predicted octanol–water partition coefficient (Wildman–Crippen LogP) is 2.33. The highest BCUT2D eigenvalue weighted by atomic mass is 32.1. The van der Waals surface area contributed by atoms with Crippen LogP contribution in [-0.2, 0) is 6.54 Å². The highest BCUT2D eigenvalue weighted by Gasteiger charge is 2.17. The van der Waals surface area contributed by atoms with E-state index in [2.05, 4.69) is 36.9 Å². The Morgan fingerprint density at radius 1 is 1.27 bits per heavy atom. The number of thiophene rings is 1. The fourth-order valence-electron chi connectivity index (χ4n) is 3.67. The van der Waals surface area contributed by atoms with Crippen LogP contribution in [0.3, 0.4) is 0 Å². The van der Waals surface area contributed by atoms with Crippen molar-refractivity contribution in [3.8, 4) is 11.3 Å². The van der Waals surface area contributed by atoms with E-state index in [1.807, 2.05) is 29.3 Å². The lowest BCUT2D eigenvalue weighted by molar-refractivity contribution is -0.210. The molecule has 152 valence electrons. The molecular weight excluding hydrogens is 398 g/mol. The number of anilines is 1. The van der Waals surface area contributed by atoms with Gasteiger partial charge < -0.3 is 10.6 Å². The van der Waals surface area contributed by atoms with Crippen molar-refractivity contribution in [2.24, 2.45) is 5.11 Å². The number of pyridine rings is 1. The molecule has 30 heavy (non-hydrogen) atoms. The van der Waals surface area contributed by atoms with Crippen LogP contribution in [-0.4, -0.2) is 37.8 Å². The van der Waals surface area contributed by atoms with Crippen LogP contribution in [0.4, 0.5) is 11.6 Å². The lowest BCUT2D eigenvalue weighted by Crippen LogP contribution is -2.29. The number of rotatable bonds is 6. The maximum absolute atomic E-state index is 5.53. The Morgan fingerprint density at radius 3 is 3.00 bits per heavy atom. The van der Waals surface area contributed by atoms with Gasteiger partial charge in [-0.15, -0.1) is 11.3 Å². The van der Waals surface area contributed by atoms with E-state index in [1.165, 1.54) is 9.58 Å². The minimum absolute atomic E-state index is 0.382. The van der Waals surface area contributed by atoms with Crippen LogP contribution in [0.15, 0.2) is 48.2 Å². The zero-order valence-electron chi connectivity index (χ0n) is 16.3. The molecule has 1 aliphatic rings. The van der Waals surface area contributed by atoms with Crippen molar-refractivity contribution in [3.63, 3.8) is 0 Å². The van der Waals surface area contributed by atoms with Crippen LogP contribution in [0.5, 0.6) is 0 Å². The maximum Gasteiger partial charge on any atom is 0.261 e. The van der Waals surface area contributed by atoms with Crippen molar-refractivity contribution in [2.45, 2.75) is 25.4 Å². The van der Waals surface area contributed by atoms with Crippen LogP contribution >= 0.6 is 11.3 Å². The second-order valence-electron chi connectivity index (χ2n) is 7.23. The van der Waals surface area contributed by atoms with Gasteiger partial charge in [-0.25, -0.2) is 9.97 Å². The average molecular weight is 421 g/mol. The van der Waals surface area contributed by atoms with E-state index in [4.69, 9.17) is 10.5 Å². The Labute approximate surface area is 177 Å². The van der Waals surface area contributed by atoms with Crippen LogP contribution < -0.4 is 16.2 Å². The van der Waals surface area contributed by atoms with Gasteiger partial charge in [0.25, 0.3) is 5.82 Å². The summed E-state index contributed by atoms with van der Waals surface area (Å²) in [5, 5.41) is 16.2. The Bertz CT molecular complexity index is 1140. The molecule has 0 atom stereocenters. The second kappa shape index (κ2) is 8.25. The molecule has 1 saturated heterocycles. The summed E-state index contributed by atoms with van der Waals surface area (Å²) in [7, 11) is 0. The summed E-state index contributed by atoms with van der Waals surface area (Å²) >= 11 is 1.72. The molecule has 4 aromatic heterocycles. The van der Waals surface area contributed by atoms with Crippen molar-refractivity contribution in [1.29, 1.82) is 0 Å². The zero-order valence-corrected chi connectivity index (χ0v) is 17.1. The molecule has 4 aromatic rings. The Hall–Kier alpha value is -3.24. The smallest absolute Gasteiger partial charge is 0.261 e.